The van der Waals surface area contributed by atoms with E-state index in [1.807, 2.05) is 24.3 Å². The van der Waals surface area contributed by atoms with Crippen LogP contribution in [-0.2, 0) is 6.42 Å². The first kappa shape index (κ1) is 12.9. The zero-order chi connectivity index (χ0) is 14.1. The molecule has 0 aliphatic carbocycles. The van der Waals surface area contributed by atoms with Crippen molar-refractivity contribution >= 4 is 33.0 Å². The number of carbonyl (C=O) groups is 1. The van der Waals surface area contributed by atoms with Gasteiger partial charge in [0.25, 0.3) is 0 Å². The van der Waals surface area contributed by atoms with Gasteiger partial charge in [0.15, 0.2) is 11.5 Å². The number of halogens is 1. The SMILES string of the molecule is O=C(O)c1ccc2oc(Cc3ccc(Br)cc3)nc2c1. The van der Waals surface area contributed by atoms with Crippen LogP contribution in [0.15, 0.2) is 51.4 Å². The standard InChI is InChI=1S/C15H10BrNO3/c16-11-4-1-9(2-5-11)7-14-17-12-8-10(15(18)19)3-6-13(12)20-14/h1-6,8H,7H2,(H,18,19). The van der Waals surface area contributed by atoms with Gasteiger partial charge in [0, 0.05) is 10.9 Å². The van der Waals surface area contributed by atoms with Crippen LogP contribution in [0.3, 0.4) is 0 Å². The molecular formula is C15H10BrNO3. The Hall–Kier alpha value is -2.14. The molecule has 1 heterocycles. The second-order valence-electron chi connectivity index (χ2n) is 4.40. The van der Waals surface area contributed by atoms with Gasteiger partial charge in [0.1, 0.15) is 5.52 Å². The van der Waals surface area contributed by atoms with Crippen molar-refractivity contribution < 1.29 is 14.3 Å². The molecule has 0 saturated carbocycles. The van der Waals surface area contributed by atoms with Crippen LogP contribution in [0, 0.1) is 0 Å². The molecule has 0 unspecified atom stereocenters. The molecule has 0 aliphatic heterocycles. The maximum absolute atomic E-state index is 10.9. The van der Waals surface area contributed by atoms with Crippen LogP contribution in [0.4, 0.5) is 0 Å². The maximum atomic E-state index is 10.9. The summed E-state index contributed by atoms with van der Waals surface area (Å²) in [5.74, 6) is -0.394. The lowest BCUT2D eigenvalue weighted by Crippen LogP contribution is -1.94. The summed E-state index contributed by atoms with van der Waals surface area (Å²) in [6.45, 7) is 0. The number of oxazole rings is 1. The predicted molar refractivity (Wildman–Crippen MR) is 77.9 cm³/mol. The van der Waals surface area contributed by atoms with Gasteiger partial charge >= 0.3 is 5.97 Å². The van der Waals surface area contributed by atoms with E-state index in [0.29, 0.717) is 23.4 Å². The van der Waals surface area contributed by atoms with Crippen molar-refractivity contribution in [3.8, 4) is 0 Å². The fraction of sp³-hybridized carbons (Fsp3) is 0.0667. The van der Waals surface area contributed by atoms with Crippen LogP contribution < -0.4 is 0 Å². The van der Waals surface area contributed by atoms with Gasteiger partial charge in [-0.2, -0.15) is 0 Å². The van der Waals surface area contributed by atoms with Crippen molar-refractivity contribution in [1.29, 1.82) is 0 Å². The zero-order valence-corrected chi connectivity index (χ0v) is 11.9. The summed E-state index contributed by atoms with van der Waals surface area (Å²) in [7, 11) is 0. The Morgan fingerprint density at radius 2 is 1.95 bits per heavy atom. The molecule has 0 radical (unpaired) electrons. The highest BCUT2D eigenvalue weighted by Crippen LogP contribution is 2.20. The quantitative estimate of drug-likeness (QED) is 0.791. The second kappa shape index (κ2) is 5.09. The number of carboxylic acid groups (broad SMARTS) is 1. The molecule has 0 amide bonds. The molecule has 0 spiro atoms. The van der Waals surface area contributed by atoms with E-state index in [1.165, 1.54) is 12.1 Å². The van der Waals surface area contributed by atoms with Gasteiger partial charge < -0.3 is 9.52 Å². The number of carboxylic acids is 1. The fourth-order valence-corrected chi connectivity index (χ4v) is 2.23. The van der Waals surface area contributed by atoms with E-state index >= 15 is 0 Å². The van der Waals surface area contributed by atoms with Gasteiger partial charge in [-0.25, -0.2) is 9.78 Å². The highest BCUT2D eigenvalue weighted by Gasteiger charge is 2.10. The van der Waals surface area contributed by atoms with Crippen molar-refractivity contribution in [2.24, 2.45) is 0 Å². The number of hydrogen-bond acceptors (Lipinski definition) is 3. The summed E-state index contributed by atoms with van der Waals surface area (Å²) in [5, 5.41) is 8.95. The summed E-state index contributed by atoms with van der Waals surface area (Å²) < 4.78 is 6.64. The van der Waals surface area contributed by atoms with E-state index in [2.05, 4.69) is 20.9 Å². The maximum Gasteiger partial charge on any atom is 0.335 e. The fourth-order valence-electron chi connectivity index (χ4n) is 1.96. The number of hydrogen-bond donors (Lipinski definition) is 1. The molecule has 0 bridgehead atoms. The molecule has 1 N–H and O–H groups in total. The summed E-state index contributed by atoms with van der Waals surface area (Å²) in [6.07, 6.45) is 0.574. The number of benzene rings is 2. The largest absolute Gasteiger partial charge is 0.478 e. The minimum absolute atomic E-state index is 0.209. The van der Waals surface area contributed by atoms with Gasteiger partial charge in [-0.1, -0.05) is 28.1 Å². The number of aromatic carboxylic acids is 1. The van der Waals surface area contributed by atoms with Crippen LogP contribution in [0.5, 0.6) is 0 Å². The monoisotopic (exact) mass is 331 g/mol. The Kier molecular flexibility index (Phi) is 3.28. The molecule has 0 saturated heterocycles. The lowest BCUT2D eigenvalue weighted by atomic mass is 10.1. The van der Waals surface area contributed by atoms with E-state index in [9.17, 15) is 4.79 Å². The topological polar surface area (TPSA) is 63.3 Å². The normalized spacial score (nSPS) is 10.8. The molecule has 3 aromatic rings. The van der Waals surface area contributed by atoms with Gasteiger partial charge in [0.2, 0.25) is 0 Å². The van der Waals surface area contributed by atoms with E-state index in [4.69, 9.17) is 9.52 Å². The van der Waals surface area contributed by atoms with E-state index < -0.39 is 5.97 Å². The summed E-state index contributed by atoms with van der Waals surface area (Å²) in [6, 6.07) is 12.6. The Morgan fingerprint density at radius 3 is 2.65 bits per heavy atom. The van der Waals surface area contributed by atoms with E-state index in [-0.39, 0.29) is 5.56 Å². The molecule has 3 rings (SSSR count). The minimum Gasteiger partial charge on any atom is -0.478 e. The number of aromatic nitrogens is 1. The number of rotatable bonds is 3. The second-order valence-corrected chi connectivity index (χ2v) is 5.31. The van der Waals surface area contributed by atoms with Crippen molar-refractivity contribution in [1.82, 2.24) is 4.98 Å². The van der Waals surface area contributed by atoms with E-state index in [0.717, 1.165) is 10.0 Å². The van der Waals surface area contributed by atoms with Gasteiger partial charge in [-0.15, -0.1) is 0 Å². The minimum atomic E-state index is -0.968. The molecule has 0 aliphatic rings. The highest BCUT2D eigenvalue weighted by atomic mass is 79.9. The molecule has 5 heteroatoms. The van der Waals surface area contributed by atoms with Crippen LogP contribution in [0.1, 0.15) is 21.8 Å². The lowest BCUT2D eigenvalue weighted by molar-refractivity contribution is 0.0697. The summed E-state index contributed by atoms with van der Waals surface area (Å²) in [4.78, 5) is 15.2. The van der Waals surface area contributed by atoms with Crippen molar-refractivity contribution in [2.75, 3.05) is 0 Å². The van der Waals surface area contributed by atoms with Crippen molar-refractivity contribution in [2.45, 2.75) is 6.42 Å². The van der Waals surface area contributed by atoms with Gasteiger partial charge in [0.05, 0.1) is 5.56 Å². The average molecular weight is 332 g/mol. The molecule has 0 atom stereocenters. The van der Waals surface area contributed by atoms with Crippen LogP contribution in [0.25, 0.3) is 11.1 Å². The third-order valence-electron chi connectivity index (χ3n) is 2.95. The first-order valence-corrected chi connectivity index (χ1v) is 6.78. The van der Waals surface area contributed by atoms with Crippen LogP contribution in [0.2, 0.25) is 0 Å². The summed E-state index contributed by atoms with van der Waals surface area (Å²) in [5.41, 5.74) is 2.46. The number of fused-ring (bicyclic) bond motifs is 1. The molecular weight excluding hydrogens is 322 g/mol. The predicted octanol–water partition coefficient (Wildman–Crippen LogP) is 3.88. The van der Waals surface area contributed by atoms with Crippen LogP contribution in [-0.4, -0.2) is 16.1 Å². The first-order valence-electron chi connectivity index (χ1n) is 5.99. The average Bonchev–Trinajstić information content (AvgIpc) is 2.82. The van der Waals surface area contributed by atoms with Gasteiger partial charge in [-0.3, -0.25) is 0 Å². The Bertz CT molecular complexity index is 777. The summed E-state index contributed by atoms with van der Waals surface area (Å²) >= 11 is 3.39. The molecule has 1 aromatic heterocycles. The smallest absolute Gasteiger partial charge is 0.335 e. The van der Waals surface area contributed by atoms with E-state index in [1.54, 1.807) is 6.07 Å². The molecule has 2 aromatic carbocycles. The lowest BCUT2D eigenvalue weighted by Gasteiger charge is -1.96. The molecule has 0 fully saturated rings. The Labute approximate surface area is 123 Å². The van der Waals surface area contributed by atoms with Crippen molar-refractivity contribution in [3.63, 3.8) is 0 Å². The molecule has 100 valence electrons. The molecule has 4 nitrogen and oxygen atoms in total. The van der Waals surface area contributed by atoms with Crippen molar-refractivity contribution in [3.05, 3.63) is 64.0 Å². The Morgan fingerprint density at radius 1 is 1.20 bits per heavy atom. The number of nitrogens with zero attached hydrogens (tertiary/aromatic N) is 1. The third-order valence-corrected chi connectivity index (χ3v) is 3.48. The molecule has 20 heavy (non-hydrogen) atoms. The Balaban J connectivity index is 1.92. The van der Waals surface area contributed by atoms with Gasteiger partial charge in [-0.05, 0) is 35.9 Å². The highest BCUT2D eigenvalue weighted by molar-refractivity contribution is 9.10. The third kappa shape index (κ3) is 2.58. The van der Waals surface area contributed by atoms with Crippen LogP contribution >= 0.6 is 15.9 Å². The first-order chi connectivity index (χ1) is 9.61. The zero-order valence-electron chi connectivity index (χ0n) is 10.3.